The van der Waals surface area contributed by atoms with E-state index in [1.165, 1.54) is 0 Å². The van der Waals surface area contributed by atoms with E-state index in [0.29, 0.717) is 12.5 Å². The molecule has 0 saturated heterocycles. The van der Waals surface area contributed by atoms with Crippen molar-refractivity contribution in [2.45, 2.75) is 13.5 Å². The van der Waals surface area contributed by atoms with E-state index in [1.54, 1.807) is 18.6 Å². The summed E-state index contributed by atoms with van der Waals surface area (Å²) in [6.07, 6.45) is 5.25. The Labute approximate surface area is 88.8 Å². The lowest BCUT2D eigenvalue weighted by atomic mass is 10.3. The maximum atomic E-state index is 5.53. The van der Waals surface area contributed by atoms with Crippen molar-refractivity contribution in [3.05, 3.63) is 54.0 Å². The Morgan fingerprint density at radius 3 is 2.67 bits per heavy atom. The monoisotopic (exact) mass is 200 g/mol. The molecule has 3 heteroatoms. The molecule has 0 saturated carbocycles. The molecule has 0 unspecified atom stereocenters. The van der Waals surface area contributed by atoms with Crippen LogP contribution in [0.25, 0.3) is 0 Å². The fourth-order valence-corrected chi connectivity index (χ4v) is 1.22. The first-order valence-corrected chi connectivity index (χ1v) is 4.79. The van der Waals surface area contributed by atoms with Crippen LogP contribution >= 0.6 is 0 Å². The number of ether oxygens (including phenoxy) is 1. The van der Waals surface area contributed by atoms with E-state index in [0.717, 1.165) is 11.1 Å². The summed E-state index contributed by atoms with van der Waals surface area (Å²) in [4.78, 5) is 8.06. The van der Waals surface area contributed by atoms with E-state index in [-0.39, 0.29) is 0 Å². The second-order valence-electron chi connectivity index (χ2n) is 3.32. The predicted octanol–water partition coefficient (Wildman–Crippen LogP) is 2.36. The van der Waals surface area contributed by atoms with Gasteiger partial charge in [0, 0.05) is 24.7 Å². The van der Waals surface area contributed by atoms with Gasteiger partial charge in [-0.15, -0.1) is 0 Å². The Balaban J connectivity index is 1.99. The summed E-state index contributed by atoms with van der Waals surface area (Å²) in [5.74, 6) is 0.659. The van der Waals surface area contributed by atoms with Crippen molar-refractivity contribution in [3.8, 4) is 5.88 Å². The third-order valence-electron chi connectivity index (χ3n) is 2.03. The Bertz CT molecular complexity index is 429. The molecule has 3 nitrogen and oxygen atoms in total. The topological polar surface area (TPSA) is 35.0 Å². The summed E-state index contributed by atoms with van der Waals surface area (Å²) in [5, 5.41) is 0. The van der Waals surface area contributed by atoms with E-state index in [2.05, 4.69) is 9.97 Å². The second-order valence-corrected chi connectivity index (χ2v) is 3.32. The predicted molar refractivity (Wildman–Crippen MR) is 57.5 cm³/mol. The van der Waals surface area contributed by atoms with Crippen LogP contribution in [0.5, 0.6) is 5.88 Å². The number of aromatic nitrogens is 2. The molecule has 2 rings (SSSR count). The Hall–Kier alpha value is -1.90. The molecule has 0 radical (unpaired) electrons. The summed E-state index contributed by atoms with van der Waals surface area (Å²) < 4.78 is 5.53. The van der Waals surface area contributed by atoms with Crippen molar-refractivity contribution in [2.24, 2.45) is 0 Å². The van der Waals surface area contributed by atoms with Crippen LogP contribution in [0, 0.1) is 6.92 Å². The van der Waals surface area contributed by atoms with Crippen molar-refractivity contribution in [3.63, 3.8) is 0 Å². The summed E-state index contributed by atoms with van der Waals surface area (Å²) >= 11 is 0. The van der Waals surface area contributed by atoms with Gasteiger partial charge in [-0.25, -0.2) is 4.98 Å². The number of hydrogen-bond donors (Lipinski definition) is 0. The van der Waals surface area contributed by atoms with Crippen LogP contribution in [0.1, 0.15) is 11.1 Å². The first-order valence-electron chi connectivity index (χ1n) is 4.79. The van der Waals surface area contributed by atoms with Gasteiger partial charge in [0.2, 0.25) is 5.88 Å². The molecule has 0 amide bonds. The van der Waals surface area contributed by atoms with Crippen molar-refractivity contribution in [1.29, 1.82) is 0 Å². The van der Waals surface area contributed by atoms with E-state index < -0.39 is 0 Å². The first kappa shape index (κ1) is 9.65. The largest absolute Gasteiger partial charge is 0.473 e. The summed E-state index contributed by atoms with van der Waals surface area (Å²) in [7, 11) is 0. The molecule has 0 aliphatic rings. The van der Waals surface area contributed by atoms with Crippen LogP contribution in [-0.2, 0) is 6.61 Å². The number of hydrogen-bond acceptors (Lipinski definition) is 3. The van der Waals surface area contributed by atoms with Gasteiger partial charge < -0.3 is 4.74 Å². The maximum absolute atomic E-state index is 5.53. The molecule has 0 aromatic carbocycles. The average molecular weight is 200 g/mol. The second kappa shape index (κ2) is 4.55. The first-order chi connectivity index (χ1) is 7.34. The van der Waals surface area contributed by atoms with Crippen molar-refractivity contribution < 1.29 is 4.74 Å². The van der Waals surface area contributed by atoms with Gasteiger partial charge >= 0.3 is 0 Å². The highest BCUT2D eigenvalue weighted by Crippen LogP contribution is 2.10. The minimum Gasteiger partial charge on any atom is -0.473 e. The van der Waals surface area contributed by atoms with Crippen LogP contribution in [0.2, 0.25) is 0 Å². The highest BCUT2D eigenvalue weighted by atomic mass is 16.5. The molecule has 0 bridgehead atoms. The van der Waals surface area contributed by atoms with Gasteiger partial charge in [-0.2, -0.15) is 0 Å². The van der Waals surface area contributed by atoms with Crippen LogP contribution < -0.4 is 4.74 Å². The van der Waals surface area contributed by atoms with Crippen LogP contribution in [0.3, 0.4) is 0 Å². The molecular formula is C12H12N2O. The third kappa shape index (κ3) is 2.77. The molecule has 0 aliphatic carbocycles. The fourth-order valence-electron chi connectivity index (χ4n) is 1.22. The minimum absolute atomic E-state index is 0.527. The zero-order valence-corrected chi connectivity index (χ0v) is 8.55. The standard InChI is InChI=1S/C12H12N2O/c1-10-2-7-14-12(8-10)15-9-11-3-5-13-6-4-11/h2-8H,9H2,1H3. The number of nitrogens with zero attached hydrogens (tertiary/aromatic N) is 2. The highest BCUT2D eigenvalue weighted by Gasteiger charge is 1.96. The fraction of sp³-hybridized carbons (Fsp3) is 0.167. The van der Waals surface area contributed by atoms with Gasteiger partial charge in [-0.1, -0.05) is 0 Å². The van der Waals surface area contributed by atoms with Crippen molar-refractivity contribution in [2.75, 3.05) is 0 Å². The lowest BCUT2D eigenvalue weighted by molar-refractivity contribution is 0.293. The smallest absolute Gasteiger partial charge is 0.213 e. The summed E-state index contributed by atoms with van der Waals surface area (Å²) in [6, 6.07) is 7.71. The zero-order chi connectivity index (χ0) is 10.5. The van der Waals surface area contributed by atoms with Crippen LogP contribution in [0.15, 0.2) is 42.9 Å². The number of pyridine rings is 2. The Morgan fingerprint density at radius 1 is 1.13 bits per heavy atom. The van der Waals surface area contributed by atoms with E-state index in [1.807, 2.05) is 31.2 Å². The van der Waals surface area contributed by atoms with Gasteiger partial charge in [0.15, 0.2) is 0 Å². The van der Waals surface area contributed by atoms with Gasteiger partial charge in [0.1, 0.15) is 6.61 Å². The Morgan fingerprint density at radius 2 is 1.93 bits per heavy atom. The zero-order valence-electron chi connectivity index (χ0n) is 8.55. The average Bonchev–Trinajstić information content (AvgIpc) is 2.28. The van der Waals surface area contributed by atoms with E-state index in [9.17, 15) is 0 Å². The van der Waals surface area contributed by atoms with E-state index >= 15 is 0 Å². The van der Waals surface area contributed by atoms with Gasteiger partial charge in [-0.05, 0) is 36.2 Å². The lowest BCUT2D eigenvalue weighted by Crippen LogP contribution is -1.97. The third-order valence-corrected chi connectivity index (χ3v) is 2.03. The quantitative estimate of drug-likeness (QED) is 0.762. The van der Waals surface area contributed by atoms with Crippen molar-refractivity contribution in [1.82, 2.24) is 9.97 Å². The molecule has 0 spiro atoms. The van der Waals surface area contributed by atoms with Gasteiger partial charge in [-0.3, -0.25) is 4.98 Å². The normalized spacial score (nSPS) is 9.93. The maximum Gasteiger partial charge on any atom is 0.213 e. The lowest BCUT2D eigenvalue weighted by Gasteiger charge is -2.05. The summed E-state index contributed by atoms with van der Waals surface area (Å²) in [6.45, 7) is 2.54. The molecule has 2 aromatic heterocycles. The molecule has 0 fully saturated rings. The summed E-state index contributed by atoms with van der Waals surface area (Å²) in [5.41, 5.74) is 2.24. The molecule has 2 heterocycles. The minimum atomic E-state index is 0.527. The molecule has 15 heavy (non-hydrogen) atoms. The van der Waals surface area contributed by atoms with Crippen LogP contribution in [0.4, 0.5) is 0 Å². The highest BCUT2D eigenvalue weighted by molar-refractivity contribution is 5.19. The molecular weight excluding hydrogens is 188 g/mol. The molecule has 0 N–H and O–H groups in total. The molecule has 76 valence electrons. The molecule has 2 aromatic rings. The van der Waals surface area contributed by atoms with Gasteiger partial charge in [0.05, 0.1) is 0 Å². The number of aryl methyl sites for hydroxylation is 1. The Kier molecular flexibility index (Phi) is 2.93. The number of rotatable bonds is 3. The van der Waals surface area contributed by atoms with Crippen LogP contribution in [-0.4, -0.2) is 9.97 Å². The molecule has 0 aliphatic heterocycles. The van der Waals surface area contributed by atoms with Gasteiger partial charge in [0.25, 0.3) is 0 Å². The van der Waals surface area contributed by atoms with E-state index in [4.69, 9.17) is 4.74 Å². The van der Waals surface area contributed by atoms with Crippen molar-refractivity contribution >= 4 is 0 Å². The molecule has 0 atom stereocenters. The SMILES string of the molecule is Cc1ccnc(OCc2ccncc2)c1.